The molecule has 0 radical (unpaired) electrons. The lowest BCUT2D eigenvalue weighted by molar-refractivity contribution is -0.137. The molecule has 0 saturated heterocycles. The summed E-state index contributed by atoms with van der Waals surface area (Å²) in [4.78, 5) is 10.4. The number of hydrogen-bond acceptors (Lipinski definition) is 1. The van der Waals surface area contributed by atoms with Gasteiger partial charge in [0.05, 0.1) is 0 Å². The Hall–Kier alpha value is -0.530. The van der Waals surface area contributed by atoms with Crippen LogP contribution in [0.5, 0.6) is 0 Å². The zero-order valence-corrected chi connectivity index (χ0v) is 14.0. The van der Waals surface area contributed by atoms with Crippen LogP contribution in [0, 0.1) is 11.8 Å². The van der Waals surface area contributed by atoms with Gasteiger partial charge < -0.3 is 5.11 Å². The average Bonchev–Trinajstić information content (AvgIpc) is 2.38. The highest BCUT2D eigenvalue weighted by atomic mass is 16.4. The fourth-order valence-electron chi connectivity index (χ4n) is 2.80. The van der Waals surface area contributed by atoms with E-state index in [1.54, 1.807) is 0 Å². The predicted octanol–water partition coefficient (Wildman–Crippen LogP) is 6.04. The van der Waals surface area contributed by atoms with E-state index in [-0.39, 0.29) is 0 Å². The molecule has 2 nitrogen and oxygen atoms in total. The molecule has 0 aliphatic heterocycles. The third-order valence-electron chi connectivity index (χ3n) is 4.28. The van der Waals surface area contributed by atoms with Crippen LogP contribution < -0.4 is 0 Å². The molecule has 0 aliphatic carbocycles. The summed E-state index contributed by atoms with van der Waals surface area (Å²) in [5, 5.41) is 8.60. The van der Waals surface area contributed by atoms with E-state index >= 15 is 0 Å². The van der Waals surface area contributed by atoms with Crippen LogP contribution in [-0.2, 0) is 4.79 Å². The van der Waals surface area contributed by atoms with E-state index in [0.29, 0.717) is 12.3 Å². The van der Waals surface area contributed by atoms with E-state index in [4.69, 9.17) is 5.11 Å². The molecule has 0 aromatic rings. The van der Waals surface area contributed by atoms with Gasteiger partial charge in [-0.25, -0.2) is 0 Å². The van der Waals surface area contributed by atoms with Gasteiger partial charge in [-0.1, -0.05) is 85.0 Å². The van der Waals surface area contributed by atoms with Gasteiger partial charge >= 0.3 is 5.97 Å². The zero-order valence-electron chi connectivity index (χ0n) is 14.0. The van der Waals surface area contributed by atoms with Crippen LogP contribution in [0.2, 0.25) is 0 Å². The highest BCUT2D eigenvalue weighted by Crippen LogP contribution is 2.19. The molecule has 0 fully saturated rings. The Labute approximate surface area is 126 Å². The Balaban J connectivity index is 3.31. The van der Waals surface area contributed by atoms with Gasteiger partial charge in [0.25, 0.3) is 0 Å². The van der Waals surface area contributed by atoms with Gasteiger partial charge in [0, 0.05) is 6.42 Å². The van der Waals surface area contributed by atoms with Crippen molar-refractivity contribution in [1.29, 1.82) is 0 Å². The first-order valence-corrected chi connectivity index (χ1v) is 8.78. The van der Waals surface area contributed by atoms with Crippen molar-refractivity contribution in [3.63, 3.8) is 0 Å². The summed E-state index contributed by atoms with van der Waals surface area (Å²) in [5.41, 5.74) is 0. The minimum Gasteiger partial charge on any atom is -0.481 e. The van der Waals surface area contributed by atoms with Crippen molar-refractivity contribution in [2.45, 2.75) is 97.8 Å². The fraction of sp³-hybridized carbons (Fsp3) is 0.944. The minimum absolute atomic E-state index is 0.333. The van der Waals surface area contributed by atoms with E-state index in [0.717, 1.165) is 18.8 Å². The number of unbranched alkanes of at least 4 members (excludes halogenated alkanes) is 4. The number of rotatable bonds is 14. The summed E-state index contributed by atoms with van der Waals surface area (Å²) < 4.78 is 0. The van der Waals surface area contributed by atoms with Crippen LogP contribution >= 0.6 is 0 Å². The highest BCUT2D eigenvalue weighted by molar-refractivity contribution is 5.66. The van der Waals surface area contributed by atoms with Crippen molar-refractivity contribution in [2.75, 3.05) is 0 Å². The molecular weight excluding hydrogens is 248 g/mol. The first-order chi connectivity index (χ1) is 9.56. The molecule has 20 heavy (non-hydrogen) atoms. The topological polar surface area (TPSA) is 37.3 Å². The van der Waals surface area contributed by atoms with Gasteiger partial charge in [0.1, 0.15) is 0 Å². The third kappa shape index (κ3) is 13.9. The van der Waals surface area contributed by atoms with E-state index < -0.39 is 5.97 Å². The van der Waals surface area contributed by atoms with Gasteiger partial charge in [-0.15, -0.1) is 0 Å². The first-order valence-electron chi connectivity index (χ1n) is 8.78. The molecule has 0 amide bonds. The van der Waals surface area contributed by atoms with Gasteiger partial charge in [-0.05, 0) is 18.3 Å². The largest absolute Gasteiger partial charge is 0.481 e. The standard InChI is InChI=1S/C18H36O2/c1-4-5-7-11-16(2)12-8-6-9-13-17(3)14-10-15-18(19)20/h16-17H,4-15H2,1-3H3,(H,19,20). The molecule has 0 bridgehead atoms. The molecular formula is C18H36O2. The van der Waals surface area contributed by atoms with Gasteiger partial charge in [0.2, 0.25) is 0 Å². The van der Waals surface area contributed by atoms with Gasteiger partial charge in [-0.3, -0.25) is 4.79 Å². The lowest BCUT2D eigenvalue weighted by Gasteiger charge is -2.12. The fourth-order valence-corrected chi connectivity index (χ4v) is 2.80. The van der Waals surface area contributed by atoms with E-state index in [1.165, 1.54) is 57.8 Å². The second-order valence-electron chi connectivity index (χ2n) is 6.63. The molecule has 2 heteroatoms. The van der Waals surface area contributed by atoms with E-state index in [1.807, 2.05) is 0 Å². The SMILES string of the molecule is CCCCCC(C)CCCCCC(C)CCCC(=O)O. The summed E-state index contributed by atoms with van der Waals surface area (Å²) in [6, 6.07) is 0. The number of carbonyl (C=O) groups is 1. The minimum atomic E-state index is -0.658. The number of hydrogen-bond donors (Lipinski definition) is 1. The molecule has 120 valence electrons. The molecule has 2 unspecified atom stereocenters. The van der Waals surface area contributed by atoms with Crippen molar-refractivity contribution in [3.05, 3.63) is 0 Å². The normalized spacial score (nSPS) is 14.2. The second kappa shape index (κ2) is 13.5. The van der Waals surface area contributed by atoms with Crippen LogP contribution in [0.15, 0.2) is 0 Å². The quantitative estimate of drug-likeness (QED) is 0.394. The molecule has 2 atom stereocenters. The zero-order chi connectivity index (χ0) is 15.2. The Morgan fingerprint density at radius 1 is 0.800 bits per heavy atom. The Bertz CT molecular complexity index is 225. The summed E-state index contributed by atoms with van der Waals surface area (Å²) in [6.07, 6.45) is 14.4. The van der Waals surface area contributed by atoms with Crippen LogP contribution in [0.4, 0.5) is 0 Å². The summed E-state index contributed by atoms with van der Waals surface area (Å²) in [5.74, 6) is 0.931. The first kappa shape index (κ1) is 19.5. The number of carboxylic acids is 1. The van der Waals surface area contributed by atoms with Gasteiger partial charge in [0.15, 0.2) is 0 Å². The molecule has 0 spiro atoms. The highest BCUT2D eigenvalue weighted by Gasteiger charge is 2.05. The molecule has 0 heterocycles. The molecule has 1 N–H and O–H groups in total. The smallest absolute Gasteiger partial charge is 0.303 e. The number of aliphatic carboxylic acids is 1. The van der Waals surface area contributed by atoms with Gasteiger partial charge in [-0.2, -0.15) is 0 Å². The number of carboxylic acid groups (broad SMARTS) is 1. The van der Waals surface area contributed by atoms with Crippen LogP contribution in [0.25, 0.3) is 0 Å². The maximum absolute atomic E-state index is 10.4. The molecule has 0 aliphatic rings. The van der Waals surface area contributed by atoms with Crippen molar-refractivity contribution < 1.29 is 9.90 Å². The maximum atomic E-state index is 10.4. The third-order valence-corrected chi connectivity index (χ3v) is 4.28. The summed E-state index contributed by atoms with van der Waals surface area (Å²) >= 11 is 0. The van der Waals surface area contributed by atoms with Crippen LogP contribution in [0.3, 0.4) is 0 Å². The summed E-state index contributed by atoms with van der Waals surface area (Å²) in [7, 11) is 0. The van der Waals surface area contributed by atoms with Crippen molar-refractivity contribution in [1.82, 2.24) is 0 Å². The predicted molar refractivity (Wildman–Crippen MR) is 87.0 cm³/mol. The Morgan fingerprint density at radius 2 is 1.25 bits per heavy atom. The summed E-state index contributed by atoms with van der Waals surface area (Å²) in [6.45, 7) is 6.92. The van der Waals surface area contributed by atoms with Crippen LogP contribution in [-0.4, -0.2) is 11.1 Å². The Morgan fingerprint density at radius 3 is 1.70 bits per heavy atom. The lowest BCUT2D eigenvalue weighted by Crippen LogP contribution is -1.99. The molecule has 0 aromatic heterocycles. The van der Waals surface area contributed by atoms with Crippen LogP contribution in [0.1, 0.15) is 97.8 Å². The lowest BCUT2D eigenvalue weighted by atomic mass is 9.94. The van der Waals surface area contributed by atoms with E-state index in [9.17, 15) is 4.79 Å². The monoisotopic (exact) mass is 284 g/mol. The van der Waals surface area contributed by atoms with Crippen molar-refractivity contribution in [3.8, 4) is 0 Å². The maximum Gasteiger partial charge on any atom is 0.303 e. The van der Waals surface area contributed by atoms with Crippen molar-refractivity contribution >= 4 is 5.97 Å². The molecule has 0 rings (SSSR count). The Kier molecular flexibility index (Phi) is 13.1. The van der Waals surface area contributed by atoms with Crippen molar-refractivity contribution in [2.24, 2.45) is 11.8 Å². The van der Waals surface area contributed by atoms with E-state index in [2.05, 4.69) is 20.8 Å². The second-order valence-corrected chi connectivity index (χ2v) is 6.63. The molecule has 0 aromatic carbocycles. The molecule has 0 saturated carbocycles. The average molecular weight is 284 g/mol.